The molecule has 5 nitrogen and oxygen atoms in total. The van der Waals surface area contributed by atoms with E-state index in [1.165, 1.54) is 18.2 Å². The van der Waals surface area contributed by atoms with Crippen molar-refractivity contribution in [2.24, 2.45) is 0 Å². The van der Waals surface area contributed by atoms with Crippen LogP contribution in [-0.2, 0) is 6.54 Å². The molecule has 3 aromatic rings. The maximum Gasteiger partial charge on any atom is 0.246 e. The summed E-state index contributed by atoms with van der Waals surface area (Å²) in [7, 11) is 0. The zero-order valence-electron chi connectivity index (χ0n) is 12.6. The maximum absolute atomic E-state index is 13.1. The molecule has 1 heterocycles. The van der Waals surface area contributed by atoms with Crippen LogP contribution in [0.3, 0.4) is 0 Å². The molecular formula is C16H11Cl2FN4OS. The van der Waals surface area contributed by atoms with Gasteiger partial charge in [-0.15, -0.1) is 0 Å². The molecule has 25 heavy (non-hydrogen) atoms. The van der Waals surface area contributed by atoms with Crippen molar-refractivity contribution in [3.05, 3.63) is 64.2 Å². The van der Waals surface area contributed by atoms with E-state index in [1.54, 1.807) is 18.2 Å². The van der Waals surface area contributed by atoms with E-state index in [4.69, 9.17) is 39.9 Å². The molecule has 128 valence electrons. The Morgan fingerprint density at radius 3 is 2.80 bits per heavy atom. The Bertz CT molecular complexity index is 919. The van der Waals surface area contributed by atoms with Gasteiger partial charge in [0.05, 0.1) is 11.6 Å². The lowest BCUT2D eigenvalue weighted by Crippen LogP contribution is -2.28. The van der Waals surface area contributed by atoms with E-state index in [2.05, 4.69) is 20.8 Å². The molecule has 0 amide bonds. The first-order chi connectivity index (χ1) is 12.0. The van der Waals surface area contributed by atoms with E-state index in [9.17, 15) is 4.39 Å². The summed E-state index contributed by atoms with van der Waals surface area (Å²) in [6.07, 6.45) is 0. The molecule has 2 N–H and O–H groups in total. The second-order valence-corrected chi connectivity index (χ2v) is 6.21. The molecule has 0 bridgehead atoms. The van der Waals surface area contributed by atoms with E-state index < -0.39 is 5.82 Å². The van der Waals surface area contributed by atoms with Gasteiger partial charge in [-0.25, -0.2) is 4.39 Å². The van der Waals surface area contributed by atoms with Gasteiger partial charge in [0.25, 0.3) is 0 Å². The van der Waals surface area contributed by atoms with Gasteiger partial charge in [0, 0.05) is 16.3 Å². The minimum Gasteiger partial charge on any atom is -0.353 e. The topological polar surface area (TPSA) is 63.0 Å². The van der Waals surface area contributed by atoms with Gasteiger partial charge in [-0.2, -0.15) is 4.98 Å². The average Bonchev–Trinajstić information content (AvgIpc) is 3.05. The Morgan fingerprint density at radius 2 is 2.04 bits per heavy atom. The summed E-state index contributed by atoms with van der Waals surface area (Å²) in [5.74, 6) is 0.297. The summed E-state index contributed by atoms with van der Waals surface area (Å²) in [5, 5.41) is 10.6. The van der Waals surface area contributed by atoms with Crippen LogP contribution in [0.2, 0.25) is 10.0 Å². The number of thiocarbonyl (C=S) groups is 1. The summed E-state index contributed by atoms with van der Waals surface area (Å²) < 4.78 is 18.3. The largest absolute Gasteiger partial charge is 0.353 e. The van der Waals surface area contributed by atoms with Crippen molar-refractivity contribution in [3.8, 4) is 11.4 Å². The lowest BCUT2D eigenvalue weighted by molar-refractivity contribution is 0.376. The van der Waals surface area contributed by atoms with E-state index >= 15 is 0 Å². The van der Waals surface area contributed by atoms with Crippen LogP contribution in [0.4, 0.5) is 10.1 Å². The van der Waals surface area contributed by atoms with E-state index in [0.717, 1.165) is 5.56 Å². The minimum atomic E-state index is -0.495. The molecule has 0 saturated heterocycles. The normalized spacial score (nSPS) is 10.5. The van der Waals surface area contributed by atoms with Crippen molar-refractivity contribution < 1.29 is 8.91 Å². The molecule has 0 unspecified atom stereocenters. The number of nitrogens with one attached hydrogen (secondary N) is 2. The molecule has 9 heteroatoms. The van der Waals surface area contributed by atoms with Crippen molar-refractivity contribution in [1.29, 1.82) is 0 Å². The van der Waals surface area contributed by atoms with Gasteiger partial charge >= 0.3 is 0 Å². The summed E-state index contributed by atoms with van der Waals surface area (Å²) in [6.45, 7) is 0.230. The van der Waals surface area contributed by atoms with Crippen molar-refractivity contribution in [3.63, 3.8) is 0 Å². The van der Waals surface area contributed by atoms with Gasteiger partial charge in [-0.3, -0.25) is 0 Å². The Kier molecular flexibility index (Phi) is 5.47. The Balaban J connectivity index is 1.58. The lowest BCUT2D eigenvalue weighted by Gasteiger charge is -2.09. The molecular weight excluding hydrogens is 386 g/mol. The number of benzene rings is 2. The molecule has 0 aliphatic rings. The van der Waals surface area contributed by atoms with Gasteiger partial charge in [0.15, 0.2) is 5.11 Å². The van der Waals surface area contributed by atoms with Crippen molar-refractivity contribution >= 4 is 46.2 Å². The molecule has 0 atom stereocenters. The lowest BCUT2D eigenvalue weighted by atomic mass is 10.2. The highest BCUT2D eigenvalue weighted by molar-refractivity contribution is 7.80. The first-order valence-electron chi connectivity index (χ1n) is 7.10. The summed E-state index contributed by atoms with van der Waals surface area (Å²) in [5.41, 5.74) is 1.32. The van der Waals surface area contributed by atoms with Crippen LogP contribution in [0.5, 0.6) is 0 Å². The Hall–Kier alpha value is -2.22. The number of hydrogen-bond donors (Lipinski definition) is 2. The van der Waals surface area contributed by atoms with Crippen LogP contribution in [0, 0.1) is 5.82 Å². The smallest absolute Gasteiger partial charge is 0.246 e. The summed E-state index contributed by atoms with van der Waals surface area (Å²) >= 11 is 16.8. The third kappa shape index (κ3) is 4.66. The average molecular weight is 397 g/mol. The second-order valence-electron chi connectivity index (χ2n) is 4.96. The fourth-order valence-electron chi connectivity index (χ4n) is 1.98. The standard InChI is InChI=1S/C16H11Cl2FN4OS/c17-10-3-1-2-9(6-10)15-22-14(24-23-15)8-20-16(25)21-11-4-5-13(19)12(18)7-11/h1-7H,8H2,(H2,20,21,25). The van der Waals surface area contributed by atoms with Crippen LogP contribution in [-0.4, -0.2) is 15.3 Å². The van der Waals surface area contributed by atoms with Crippen LogP contribution < -0.4 is 10.6 Å². The Labute approximate surface area is 158 Å². The van der Waals surface area contributed by atoms with E-state index in [1.807, 2.05) is 6.07 Å². The molecule has 0 aliphatic carbocycles. The summed E-state index contributed by atoms with van der Waals surface area (Å²) in [4.78, 5) is 4.27. The third-order valence-electron chi connectivity index (χ3n) is 3.13. The predicted octanol–water partition coefficient (Wildman–Crippen LogP) is 4.67. The Morgan fingerprint density at radius 1 is 1.20 bits per heavy atom. The van der Waals surface area contributed by atoms with E-state index in [-0.39, 0.29) is 11.6 Å². The zero-order valence-corrected chi connectivity index (χ0v) is 14.9. The molecule has 0 aliphatic heterocycles. The number of rotatable bonds is 4. The van der Waals surface area contributed by atoms with Gasteiger partial charge < -0.3 is 15.2 Å². The predicted molar refractivity (Wildman–Crippen MR) is 99.2 cm³/mol. The fraction of sp³-hybridized carbons (Fsp3) is 0.0625. The molecule has 1 aromatic heterocycles. The van der Waals surface area contributed by atoms with Crippen LogP contribution in [0.25, 0.3) is 11.4 Å². The molecule has 2 aromatic carbocycles. The fourth-order valence-corrected chi connectivity index (χ4v) is 2.54. The highest BCUT2D eigenvalue weighted by Gasteiger charge is 2.09. The van der Waals surface area contributed by atoms with Crippen LogP contribution in [0.15, 0.2) is 47.0 Å². The number of nitrogens with zero attached hydrogens (tertiary/aromatic N) is 2. The molecule has 0 fully saturated rings. The highest BCUT2D eigenvalue weighted by Crippen LogP contribution is 2.20. The highest BCUT2D eigenvalue weighted by atomic mass is 35.5. The number of anilines is 1. The molecule has 0 spiro atoms. The van der Waals surface area contributed by atoms with Crippen molar-refractivity contribution in [1.82, 2.24) is 15.5 Å². The first-order valence-corrected chi connectivity index (χ1v) is 8.26. The molecule has 0 radical (unpaired) electrons. The molecule has 3 rings (SSSR count). The van der Waals surface area contributed by atoms with Crippen LogP contribution >= 0.6 is 35.4 Å². The quantitative estimate of drug-likeness (QED) is 0.624. The number of halogens is 3. The van der Waals surface area contributed by atoms with Crippen LogP contribution in [0.1, 0.15) is 5.89 Å². The molecule has 0 saturated carbocycles. The zero-order chi connectivity index (χ0) is 17.8. The minimum absolute atomic E-state index is 0.0101. The van der Waals surface area contributed by atoms with E-state index in [0.29, 0.717) is 27.5 Å². The van der Waals surface area contributed by atoms with Gasteiger partial charge in [0.1, 0.15) is 5.82 Å². The van der Waals surface area contributed by atoms with Gasteiger partial charge in [0.2, 0.25) is 11.7 Å². The third-order valence-corrected chi connectivity index (χ3v) is 3.90. The number of aromatic nitrogens is 2. The number of hydrogen-bond acceptors (Lipinski definition) is 4. The van der Waals surface area contributed by atoms with Gasteiger partial charge in [-0.05, 0) is 42.5 Å². The maximum atomic E-state index is 13.1. The summed E-state index contributed by atoms with van der Waals surface area (Å²) in [6, 6.07) is 11.4. The monoisotopic (exact) mass is 396 g/mol. The first kappa shape index (κ1) is 17.6. The van der Waals surface area contributed by atoms with Gasteiger partial charge in [-0.1, -0.05) is 40.5 Å². The van der Waals surface area contributed by atoms with Crippen molar-refractivity contribution in [2.45, 2.75) is 6.54 Å². The second kappa shape index (κ2) is 7.77. The van der Waals surface area contributed by atoms with Crippen molar-refractivity contribution in [2.75, 3.05) is 5.32 Å². The SMILES string of the molecule is Fc1ccc(NC(=S)NCc2nc(-c3cccc(Cl)c3)no2)cc1Cl.